The van der Waals surface area contributed by atoms with Gasteiger partial charge in [-0.15, -0.1) is 0 Å². The summed E-state index contributed by atoms with van der Waals surface area (Å²) in [6.45, 7) is -0.229. The maximum atomic E-state index is 13.0. The second-order valence-corrected chi connectivity index (χ2v) is 6.21. The number of hydrogen-bond acceptors (Lipinski definition) is 3. The molecule has 0 aliphatic heterocycles. The van der Waals surface area contributed by atoms with Gasteiger partial charge in [0.15, 0.2) is 0 Å². The van der Waals surface area contributed by atoms with Gasteiger partial charge < -0.3 is 5.32 Å². The molecule has 0 atom stereocenters. The molecule has 9 heteroatoms. The largest absolute Gasteiger partial charge is 0.417 e. The molecule has 1 rings (SSSR count). The Kier molecular flexibility index (Phi) is 6.12. The fourth-order valence-corrected chi connectivity index (χ4v) is 2.02. The molecule has 0 aromatic heterocycles. The SMILES string of the molecule is CS(=O)(=O)NCCNC(=O)/C=C(\c1ccccc1)C(F)(F)F. The minimum Gasteiger partial charge on any atom is -0.351 e. The highest BCUT2D eigenvalue weighted by molar-refractivity contribution is 7.88. The summed E-state index contributed by atoms with van der Waals surface area (Å²) in [5, 5.41) is 2.19. The van der Waals surface area contributed by atoms with Crippen molar-refractivity contribution >= 4 is 21.5 Å². The van der Waals surface area contributed by atoms with Crippen LogP contribution < -0.4 is 10.0 Å². The topological polar surface area (TPSA) is 75.3 Å². The second kappa shape index (κ2) is 7.41. The van der Waals surface area contributed by atoms with E-state index in [-0.39, 0.29) is 18.7 Å². The molecule has 0 spiro atoms. The molecule has 0 unspecified atom stereocenters. The summed E-state index contributed by atoms with van der Waals surface area (Å²) in [6, 6.07) is 6.93. The van der Waals surface area contributed by atoms with E-state index >= 15 is 0 Å². The number of nitrogens with one attached hydrogen (secondary N) is 2. The summed E-state index contributed by atoms with van der Waals surface area (Å²) >= 11 is 0. The van der Waals surface area contributed by atoms with Gasteiger partial charge >= 0.3 is 6.18 Å². The summed E-state index contributed by atoms with van der Waals surface area (Å²) in [5.41, 5.74) is -1.19. The highest BCUT2D eigenvalue weighted by Gasteiger charge is 2.35. The van der Waals surface area contributed by atoms with Crippen LogP contribution >= 0.6 is 0 Å². The number of carbonyl (C=O) groups excluding carboxylic acids is 1. The predicted octanol–water partition coefficient (Wildman–Crippen LogP) is 1.30. The third-order valence-corrected chi connectivity index (χ3v) is 3.18. The Morgan fingerprint density at radius 3 is 2.27 bits per heavy atom. The molecule has 0 heterocycles. The van der Waals surface area contributed by atoms with Crippen LogP contribution in [0.5, 0.6) is 0 Å². The van der Waals surface area contributed by atoms with Gasteiger partial charge in [0.2, 0.25) is 15.9 Å². The van der Waals surface area contributed by atoms with E-state index in [0.717, 1.165) is 6.26 Å². The van der Waals surface area contributed by atoms with Crippen molar-refractivity contribution in [2.45, 2.75) is 6.18 Å². The molecule has 22 heavy (non-hydrogen) atoms. The van der Waals surface area contributed by atoms with Crippen LogP contribution in [-0.4, -0.2) is 39.8 Å². The molecule has 0 bridgehead atoms. The fraction of sp³-hybridized carbons (Fsp3) is 0.308. The summed E-state index contributed by atoms with van der Waals surface area (Å²) in [5.74, 6) is -0.952. The van der Waals surface area contributed by atoms with Gasteiger partial charge in [0.25, 0.3) is 0 Å². The Bertz CT molecular complexity index is 640. The molecule has 0 aliphatic rings. The number of sulfonamides is 1. The fourth-order valence-electron chi connectivity index (χ4n) is 1.55. The van der Waals surface area contributed by atoms with E-state index in [1.165, 1.54) is 24.3 Å². The molecular weight excluding hydrogens is 321 g/mol. The van der Waals surface area contributed by atoms with Crippen LogP contribution in [0.25, 0.3) is 5.57 Å². The number of rotatable bonds is 6. The molecule has 0 saturated carbocycles. The van der Waals surface area contributed by atoms with E-state index in [0.29, 0.717) is 6.08 Å². The first-order valence-corrected chi connectivity index (χ1v) is 8.05. The van der Waals surface area contributed by atoms with Crippen LogP contribution in [0.3, 0.4) is 0 Å². The summed E-state index contributed by atoms with van der Waals surface area (Å²) < 4.78 is 62.6. The first-order chi connectivity index (χ1) is 10.1. The van der Waals surface area contributed by atoms with Crippen LogP contribution in [0, 0.1) is 0 Å². The zero-order chi connectivity index (χ0) is 16.8. The van der Waals surface area contributed by atoms with Crippen molar-refractivity contribution in [1.29, 1.82) is 0 Å². The first kappa shape index (κ1) is 18.2. The zero-order valence-corrected chi connectivity index (χ0v) is 12.5. The Labute approximate surface area is 126 Å². The maximum absolute atomic E-state index is 13.0. The molecule has 122 valence electrons. The molecule has 1 aromatic carbocycles. The standard InChI is InChI=1S/C13H15F3N2O3S/c1-22(20,21)18-8-7-17-12(19)9-11(13(14,15)16)10-5-3-2-4-6-10/h2-6,9,18H,7-8H2,1H3,(H,17,19)/b11-9+. The zero-order valence-electron chi connectivity index (χ0n) is 11.6. The molecule has 0 saturated heterocycles. The minimum absolute atomic E-state index is 0.106. The Balaban J connectivity index is 2.75. The average Bonchev–Trinajstić information content (AvgIpc) is 2.40. The highest BCUT2D eigenvalue weighted by Crippen LogP contribution is 2.33. The van der Waals surface area contributed by atoms with Crippen molar-refractivity contribution in [3.8, 4) is 0 Å². The maximum Gasteiger partial charge on any atom is 0.417 e. The highest BCUT2D eigenvalue weighted by atomic mass is 32.2. The van der Waals surface area contributed by atoms with Gasteiger partial charge in [0.1, 0.15) is 0 Å². The Morgan fingerprint density at radius 2 is 1.77 bits per heavy atom. The van der Waals surface area contributed by atoms with Crippen LogP contribution in [0.1, 0.15) is 5.56 Å². The lowest BCUT2D eigenvalue weighted by Crippen LogP contribution is -2.33. The van der Waals surface area contributed by atoms with E-state index in [2.05, 4.69) is 10.0 Å². The van der Waals surface area contributed by atoms with E-state index in [1.807, 2.05) is 0 Å². The Morgan fingerprint density at radius 1 is 1.18 bits per heavy atom. The van der Waals surface area contributed by atoms with Crippen molar-refractivity contribution in [2.24, 2.45) is 0 Å². The van der Waals surface area contributed by atoms with Crippen molar-refractivity contribution < 1.29 is 26.4 Å². The molecule has 5 nitrogen and oxygen atoms in total. The summed E-state index contributed by atoms with van der Waals surface area (Å²) in [4.78, 5) is 11.5. The first-order valence-electron chi connectivity index (χ1n) is 6.16. The van der Waals surface area contributed by atoms with Crippen LogP contribution in [0.4, 0.5) is 13.2 Å². The van der Waals surface area contributed by atoms with Gasteiger partial charge in [0, 0.05) is 19.2 Å². The molecule has 1 aromatic rings. The third kappa shape index (κ3) is 6.72. The lowest BCUT2D eigenvalue weighted by atomic mass is 10.1. The quantitative estimate of drug-likeness (QED) is 0.607. The predicted molar refractivity (Wildman–Crippen MR) is 76.3 cm³/mol. The third-order valence-electron chi connectivity index (χ3n) is 2.45. The van der Waals surface area contributed by atoms with Gasteiger partial charge in [0.05, 0.1) is 11.8 Å². The summed E-state index contributed by atoms with van der Waals surface area (Å²) in [6.07, 6.45) is -3.29. The van der Waals surface area contributed by atoms with Crippen molar-refractivity contribution in [1.82, 2.24) is 10.0 Å². The van der Waals surface area contributed by atoms with Crippen molar-refractivity contribution in [3.63, 3.8) is 0 Å². The number of amides is 1. The van der Waals surface area contributed by atoms with Gasteiger partial charge in [-0.25, -0.2) is 13.1 Å². The van der Waals surface area contributed by atoms with Gasteiger partial charge in [-0.3, -0.25) is 4.79 Å². The van der Waals surface area contributed by atoms with Crippen LogP contribution in [0.15, 0.2) is 36.4 Å². The van der Waals surface area contributed by atoms with E-state index in [4.69, 9.17) is 0 Å². The van der Waals surface area contributed by atoms with E-state index in [1.54, 1.807) is 6.07 Å². The van der Waals surface area contributed by atoms with E-state index < -0.39 is 27.7 Å². The van der Waals surface area contributed by atoms with Gasteiger partial charge in [-0.1, -0.05) is 30.3 Å². The molecule has 1 amide bonds. The normalized spacial score (nSPS) is 13.0. The van der Waals surface area contributed by atoms with Crippen molar-refractivity contribution in [2.75, 3.05) is 19.3 Å². The molecule has 2 N–H and O–H groups in total. The Hall–Kier alpha value is -1.87. The minimum atomic E-state index is -4.68. The number of halogens is 3. The number of allylic oxidation sites excluding steroid dienone is 1. The second-order valence-electron chi connectivity index (χ2n) is 4.38. The number of carbonyl (C=O) groups is 1. The molecule has 0 aliphatic carbocycles. The lowest BCUT2D eigenvalue weighted by Gasteiger charge is -2.12. The number of hydrogen-bond donors (Lipinski definition) is 2. The molecular formula is C13H15F3N2O3S. The monoisotopic (exact) mass is 336 g/mol. The van der Waals surface area contributed by atoms with E-state index in [9.17, 15) is 26.4 Å². The van der Waals surface area contributed by atoms with Crippen LogP contribution in [-0.2, 0) is 14.8 Å². The smallest absolute Gasteiger partial charge is 0.351 e. The lowest BCUT2D eigenvalue weighted by molar-refractivity contribution is -0.116. The van der Waals surface area contributed by atoms with Gasteiger partial charge in [-0.05, 0) is 5.56 Å². The number of benzene rings is 1. The van der Waals surface area contributed by atoms with Crippen molar-refractivity contribution in [3.05, 3.63) is 42.0 Å². The van der Waals surface area contributed by atoms with Crippen LogP contribution in [0.2, 0.25) is 0 Å². The average molecular weight is 336 g/mol. The summed E-state index contributed by atoms with van der Waals surface area (Å²) in [7, 11) is -3.41. The molecule has 0 fully saturated rings. The molecule has 0 radical (unpaired) electrons. The van der Waals surface area contributed by atoms with Gasteiger partial charge in [-0.2, -0.15) is 13.2 Å². The number of alkyl halides is 3.